The first-order valence-corrected chi connectivity index (χ1v) is 12.7. The standard InChI is InChI=1S/C26H34N6O2/c1-3-31(20-12-7-8-13-21(20)34-4-2)26(33)19-11-10-15-30(17-19)24-23-25(28-18-27-24)32-16-9-5-6-14-22(32)29-23/h7-8,12-13,18-19H,3-6,9-11,14-17H2,1-2H3. The number of hydrogen-bond donors (Lipinski definition) is 0. The molecule has 1 atom stereocenters. The Labute approximate surface area is 201 Å². The van der Waals surface area contributed by atoms with E-state index in [2.05, 4.69) is 19.4 Å². The van der Waals surface area contributed by atoms with Gasteiger partial charge in [0.25, 0.3) is 0 Å². The molecule has 1 fully saturated rings. The van der Waals surface area contributed by atoms with Gasteiger partial charge in [-0.25, -0.2) is 15.0 Å². The summed E-state index contributed by atoms with van der Waals surface area (Å²) in [4.78, 5) is 32.0. The smallest absolute Gasteiger partial charge is 0.231 e. The number of imidazole rings is 1. The maximum Gasteiger partial charge on any atom is 0.231 e. The lowest BCUT2D eigenvalue weighted by atomic mass is 9.96. The lowest BCUT2D eigenvalue weighted by Crippen LogP contribution is -2.45. The van der Waals surface area contributed by atoms with Gasteiger partial charge in [0.2, 0.25) is 5.91 Å². The molecule has 0 saturated carbocycles. The topological polar surface area (TPSA) is 76.4 Å². The van der Waals surface area contributed by atoms with Gasteiger partial charge in [-0.15, -0.1) is 0 Å². The molecule has 2 aliphatic rings. The van der Waals surface area contributed by atoms with Gasteiger partial charge >= 0.3 is 0 Å². The van der Waals surface area contributed by atoms with Gasteiger partial charge < -0.3 is 19.1 Å². The van der Waals surface area contributed by atoms with Crippen molar-refractivity contribution in [2.75, 3.05) is 36.0 Å². The molecule has 0 aliphatic carbocycles. The van der Waals surface area contributed by atoms with Crippen LogP contribution in [0.5, 0.6) is 5.75 Å². The Kier molecular flexibility index (Phi) is 6.65. The number of rotatable bonds is 6. The second-order valence-electron chi connectivity index (χ2n) is 9.13. The van der Waals surface area contributed by atoms with E-state index in [0.29, 0.717) is 19.7 Å². The van der Waals surface area contributed by atoms with Gasteiger partial charge in [0.05, 0.1) is 18.2 Å². The molecule has 0 N–H and O–H groups in total. The second kappa shape index (κ2) is 9.99. The maximum atomic E-state index is 13.7. The number of carbonyl (C=O) groups excluding carboxylic acids is 1. The van der Waals surface area contributed by atoms with E-state index in [1.54, 1.807) is 6.33 Å². The van der Waals surface area contributed by atoms with Crippen LogP contribution in [0.2, 0.25) is 0 Å². The molecule has 8 nitrogen and oxygen atoms in total. The number of fused-ring (bicyclic) bond motifs is 3. The summed E-state index contributed by atoms with van der Waals surface area (Å²) in [5.41, 5.74) is 2.65. The summed E-state index contributed by atoms with van der Waals surface area (Å²) in [6.45, 7) is 7.64. The number of carbonyl (C=O) groups is 1. The number of benzene rings is 1. The van der Waals surface area contributed by atoms with E-state index >= 15 is 0 Å². The van der Waals surface area contributed by atoms with Gasteiger partial charge in [0, 0.05) is 32.6 Å². The summed E-state index contributed by atoms with van der Waals surface area (Å²) in [6.07, 6.45) is 8.02. The molecular formula is C26H34N6O2. The fraction of sp³-hybridized carbons (Fsp3) is 0.538. The minimum absolute atomic E-state index is 0.103. The highest BCUT2D eigenvalue weighted by molar-refractivity contribution is 5.97. The maximum absolute atomic E-state index is 13.7. The summed E-state index contributed by atoms with van der Waals surface area (Å²) >= 11 is 0. The molecule has 8 heteroatoms. The third kappa shape index (κ3) is 4.21. The van der Waals surface area contributed by atoms with Crippen LogP contribution in [-0.2, 0) is 17.8 Å². The monoisotopic (exact) mass is 462 g/mol. The van der Waals surface area contributed by atoms with Crippen molar-refractivity contribution in [2.45, 2.75) is 58.9 Å². The van der Waals surface area contributed by atoms with Crippen LogP contribution in [0.1, 0.15) is 51.8 Å². The summed E-state index contributed by atoms with van der Waals surface area (Å²) in [7, 11) is 0. The fourth-order valence-electron chi connectivity index (χ4n) is 5.35. The number of ether oxygens (including phenoxy) is 1. The van der Waals surface area contributed by atoms with Crippen LogP contribution in [0, 0.1) is 5.92 Å². The van der Waals surface area contributed by atoms with Crippen molar-refractivity contribution in [1.82, 2.24) is 19.5 Å². The molecule has 5 rings (SSSR count). The quantitative estimate of drug-likeness (QED) is 0.546. The first kappa shape index (κ1) is 22.6. The van der Waals surface area contributed by atoms with E-state index in [1.165, 1.54) is 12.8 Å². The number of para-hydroxylation sites is 2. The van der Waals surface area contributed by atoms with Crippen LogP contribution < -0.4 is 14.5 Å². The number of aromatic nitrogens is 4. The Hall–Kier alpha value is -3.16. The van der Waals surface area contributed by atoms with E-state index in [4.69, 9.17) is 9.72 Å². The van der Waals surface area contributed by atoms with Gasteiger partial charge in [0.15, 0.2) is 17.0 Å². The molecule has 2 aliphatic heterocycles. The molecule has 4 heterocycles. The van der Waals surface area contributed by atoms with Crippen LogP contribution in [-0.4, -0.2) is 51.7 Å². The Bertz CT molecular complexity index is 1160. The van der Waals surface area contributed by atoms with Gasteiger partial charge in [0.1, 0.15) is 17.9 Å². The summed E-state index contributed by atoms with van der Waals surface area (Å²) in [5.74, 6) is 2.77. The van der Waals surface area contributed by atoms with Crippen molar-refractivity contribution in [3.63, 3.8) is 0 Å². The van der Waals surface area contributed by atoms with Crippen LogP contribution >= 0.6 is 0 Å². The predicted molar refractivity (Wildman–Crippen MR) is 133 cm³/mol. The normalized spacial score (nSPS) is 18.4. The lowest BCUT2D eigenvalue weighted by molar-refractivity contribution is -0.122. The molecule has 1 unspecified atom stereocenters. The van der Waals surface area contributed by atoms with Gasteiger partial charge in [-0.3, -0.25) is 4.79 Å². The number of nitrogens with zero attached hydrogens (tertiary/aromatic N) is 6. The number of hydrogen-bond acceptors (Lipinski definition) is 6. The molecule has 0 bridgehead atoms. The molecule has 0 spiro atoms. The SMILES string of the molecule is CCOc1ccccc1N(CC)C(=O)C1CCCN(c2ncnc3c2nc2n3CCCCC2)C1. The largest absolute Gasteiger partial charge is 0.492 e. The molecule has 1 aromatic carbocycles. The molecule has 2 aromatic heterocycles. The van der Waals surface area contributed by atoms with Crippen molar-refractivity contribution in [1.29, 1.82) is 0 Å². The average Bonchev–Trinajstić information content (AvgIpc) is 3.06. The number of anilines is 2. The van der Waals surface area contributed by atoms with Crippen molar-refractivity contribution >= 4 is 28.6 Å². The van der Waals surface area contributed by atoms with Crippen molar-refractivity contribution < 1.29 is 9.53 Å². The lowest BCUT2D eigenvalue weighted by Gasteiger charge is -2.35. The number of piperidine rings is 1. The number of amides is 1. The molecule has 34 heavy (non-hydrogen) atoms. The number of aryl methyl sites for hydroxylation is 2. The third-order valence-corrected chi connectivity index (χ3v) is 6.98. The zero-order valence-corrected chi connectivity index (χ0v) is 20.2. The minimum atomic E-state index is -0.103. The van der Waals surface area contributed by atoms with E-state index in [1.807, 2.05) is 43.0 Å². The van der Waals surface area contributed by atoms with Gasteiger partial charge in [-0.2, -0.15) is 0 Å². The zero-order chi connectivity index (χ0) is 23.5. The highest BCUT2D eigenvalue weighted by atomic mass is 16.5. The summed E-state index contributed by atoms with van der Waals surface area (Å²) in [6, 6.07) is 7.81. The summed E-state index contributed by atoms with van der Waals surface area (Å²) in [5, 5.41) is 0. The van der Waals surface area contributed by atoms with Crippen molar-refractivity contribution in [3.05, 3.63) is 36.4 Å². The average molecular weight is 463 g/mol. The molecule has 180 valence electrons. The fourth-order valence-corrected chi connectivity index (χ4v) is 5.35. The van der Waals surface area contributed by atoms with Crippen LogP contribution in [0.3, 0.4) is 0 Å². The Balaban J connectivity index is 1.41. The molecule has 0 radical (unpaired) electrons. The minimum Gasteiger partial charge on any atom is -0.492 e. The molecular weight excluding hydrogens is 428 g/mol. The zero-order valence-electron chi connectivity index (χ0n) is 20.2. The van der Waals surface area contributed by atoms with Crippen LogP contribution in [0.15, 0.2) is 30.6 Å². The highest BCUT2D eigenvalue weighted by Crippen LogP contribution is 2.33. The predicted octanol–water partition coefficient (Wildman–Crippen LogP) is 4.22. The Morgan fingerprint density at radius 1 is 1.12 bits per heavy atom. The Morgan fingerprint density at radius 3 is 2.85 bits per heavy atom. The van der Waals surface area contributed by atoms with Crippen LogP contribution in [0.25, 0.3) is 11.2 Å². The van der Waals surface area contributed by atoms with Crippen molar-refractivity contribution in [3.8, 4) is 5.75 Å². The van der Waals surface area contributed by atoms with E-state index < -0.39 is 0 Å². The molecule has 3 aromatic rings. The van der Waals surface area contributed by atoms with E-state index in [9.17, 15) is 4.79 Å². The first-order valence-electron chi connectivity index (χ1n) is 12.7. The van der Waals surface area contributed by atoms with Crippen LogP contribution in [0.4, 0.5) is 11.5 Å². The van der Waals surface area contributed by atoms with Gasteiger partial charge in [-0.1, -0.05) is 18.6 Å². The molecule has 1 amide bonds. The third-order valence-electron chi connectivity index (χ3n) is 6.98. The molecule has 1 saturated heterocycles. The van der Waals surface area contributed by atoms with Gasteiger partial charge in [-0.05, 0) is 51.7 Å². The Morgan fingerprint density at radius 2 is 2.00 bits per heavy atom. The van der Waals surface area contributed by atoms with Crippen molar-refractivity contribution in [2.24, 2.45) is 5.92 Å². The second-order valence-corrected chi connectivity index (χ2v) is 9.13. The van der Waals surface area contributed by atoms with E-state index in [0.717, 1.165) is 73.0 Å². The van der Waals surface area contributed by atoms with E-state index in [-0.39, 0.29) is 11.8 Å². The summed E-state index contributed by atoms with van der Waals surface area (Å²) < 4.78 is 8.08. The highest BCUT2D eigenvalue weighted by Gasteiger charge is 2.32. The first-order chi connectivity index (χ1) is 16.7.